The van der Waals surface area contributed by atoms with Crippen LogP contribution in [0, 0.1) is 13.3 Å². The normalized spacial score (nSPS) is 15.6. The van der Waals surface area contributed by atoms with Gasteiger partial charge in [0.15, 0.2) is 0 Å². The van der Waals surface area contributed by atoms with Gasteiger partial charge in [0.05, 0.1) is 5.91 Å². The molecule has 0 saturated carbocycles. The zero-order valence-corrected chi connectivity index (χ0v) is 10.9. The van der Waals surface area contributed by atoms with E-state index in [1.807, 2.05) is 11.9 Å². The monoisotopic (exact) mass is 259 g/mol. The van der Waals surface area contributed by atoms with E-state index >= 15 is 0 Å². The van der Waals surface area contributed by atoms with Gasteiger partial charge in [-0.3, -0.25) is 10.7 Å². The van der Waals surface area contributed by atoms with Gasteiger partial charge in [0.1, 0.15) is 0 Å². The molecule has 13 heavy (non-hydrogen) atoms. The van der Waals surface area contributed by atoms with Crippen molar-refractivity contribution in [1.29, 1.82) is 0 Å². The van der Waals surface area contributed by atoms with Gasteiger partial charge in [0.2, 0.25) is 6.41 Å². The first kappa shape index (κ1) is 15.5. The molecule has 1 fully saturated rings. The zero-order valence-electron chi connectivity index (χ0n) is 8.04. The third-order valence-electron chi connectivity index (χ3n) is 1.77. The van der Waals surface area contributed by atoms with Gasteiger partial charge in [0, 0.05) is 32.7 Å². The van der Waals surface area contributed by atoms with Crippen molar-refractivity contribution in [1.82, 2.24) is 10.2 Å². The summed E-state index contributed by atoms with van der Waals surface area (Å²) in [6.45, 7) is 1.58. The number of carbonyl (C=O) groups excluding carboxylic acids is 2. The quantitative estimate of drug-likeness (QED) is 0.543. The molecule has 1 aliphatic rings. The first-order valence-electron chi connectivity index (χ1n) is 3.52. The van der Waals surface area contributed by atoms with Crippen LogP contribution in [0.1, 0.15) is 6.42 Å². The van der Waals surface area contributed by atoms with Crippen molar-refractivity contribution in [3.63, 3.8) is 0 Å². The molecule has 0 atom stereocenters. The number of likely N-dealkylation sites (tertiary alicyclic amines) is 1. The van der Waals surface area contributed by atoms with Gasteiger partial charge < -0.3 is 22.4 Å². The van der Waals surface area contributed by atoms with Crippen molar-refractivity contribution in [3.05, 3.63) is 13.3 Å². The molecule has 0 aromatic rings. The molecule has 0 aromatic heterocycles. The van der Waals surface area contributed by atoms with Gasteiger partial charge >= 0.3 is 0 Å². The minimum absolute atomic E-state index is 0. The number of hydrogen-bond donors (Lipinski definition) is 1. The van der Waals surface area contributed by atoms with Crippen molar-refractivity contribution < 1.29 is 42.3 Å². The van der Waals surface area contributed by atoms with Gasteiger partial charge in [-0.2, -0.15) is 0 Å². The summed E-state index contributed by atoms with van der Waals surface area (Å²) in [4.78, 5) is 22.9. The minimum atomic E-state index is -0.232. The van der Waals surface area contributed by atoms with E-state index in [0.29, 0.717) is 13.0 Å². The number of amides is 2. The smallest absolute Gasteiger partial charge is 0.211 e. The first-order valence-corrected chi connectivity index (χ1v) is 3.52. The molecule has 5 heteroatoms. The maximum Gasteiger partial charge on any atom is 0.211 e. The Balaban J connectivity index is 0. The summed E-state index contributed by atoms with van der Waals surface area (Å²) in [7, 11) is 1.95. The standard InChI is InChI=1S/C7H11N2O2.CH3.Y/c1-9-3-2-6(4-9)7(11)8-5-10;;/h5H,2-4H2,1H3,(H,8,10,11);1H3;/q2*-1;. The Kier molecular flexibility index (Phi) is 8.94. The molecule has 2 amide bonds. The van der Waals surface area contributed by atoms with Crippen LogP contribution in [0.15, 0.2) is 0 Å². The molecule has 0 spiro atoms. The number of imide groups is 1. The minimum Gasteiger partial charge on any atom is -0.358 e. The fraction of sp³-hybridized carbons (Fsp3) is 0.500. The SMILES string of the molecule is CN1CC[C-](C(=O)NC=O)C1.[CH3-].[Y]. The van der Waals surface area contributed by atoms with E-state index in [4.69, 9.17) is 0 Å². The molecule has 0 aliphatic carbocycles. The topological polar surface area (TPSA) is 49.4 Å². The fourth-order valence-corrected chi connectivity index (χ4v) is 1.15. The van der Waals surface area contributed by atoms with Crippen LogP contribution in [0.3, 0.4) is 0 Å². The summed E-state index contributed by atoms with van der Waals surface area (Å²) >= 11 is 0. The molecule has 1 saturated heterocycles. The Morgan fingerprint density at radius 1 is 1.62 bits per heavy atom. The van der Waals surface area contributed by atoms with Crippen LogP contribution in [0.4, 0.5) is 0 Å². The Bertz CT molecular complexity index is 176. The fourth-order valence-electron chi connectivity index (χ4n) is 1.15. The van der Waals surface area contributed by atoms with E-state index in [2.05, 4.69) is 5.32 Å². The van der Waals surface area contributed by atoms with Gasteiger partial charge in [0.25, 0.3) is 0 Å². The van der Waals surface area contributed by atoms with Crippen LogP contribution in [0.2, 0.25) is 0 Å². The average Bonchev–Trinajstić information content (AvgIpc) is 2.36. The van der Waals surface area contributed by atoms with Gasteiger partial charge in [-0.25, -0.2) is 0 Å². The molecule has 1 radical (unpaired) electrons. The van der Waals surface area contributed by atoms with Crippen molar-refractivity contribution >= 4 is 12.3 Å². The van der Waals surface area contributed by atoms with E-state index in [1.54, 1.807) is 0 Å². The Morgan fingerprint density at radius 2 is 2.23 bits per heavy atom. The molecular formula is C8H14N2O2Y-2. The largest absolute Gasteiger partial charge is 0.358 e. The van der Waals surface area contributed by atoms with Crippen LogP contribution < -0.4 is 5.32 Å². The van der Waals surface area contributed by atoms with Crippen molar-refractivity contribution in [2.24, 2.45) is 0 Å². The van der Waals surface area contributed by atoms with Gasteiger partial charge in [-0.05, 0) is 13.6 Å². The van der Waals surface area contributed by atoms with Crippen LogP contribution in [0.5, 0.6) is 0 Å². The molecule has 1 rings (SSSR count). The summed E-state index contributed by atoms with van der Waals surface area (Å²) < 4.78 is 0. The summed E-state index contributed by atoms with van der Waals surface area (Å²) in [5, 5.41) is 2.12. The summed E-state index contributed by atoms with van der Waals surface area (Å²) in [5.41, 5.74) is 0. The van der Waals surface area contributed by atoms with E-state index in [-0.39, 0.29) is 46.0 Å². The average molecular weight is 259 g/mol. The molecule has 0 unspecified atom stereocenters. The van der Waals surface area contributed by atoms with Crippen molar-refractivity contribution in [2.45, 2.75) is 6.42 Å². The predicted molar refractivity (Wildman–Crippen MR) is 46.0 cm³/mol. The molecule has 4 nitrogen and oxygen atoms in total. The van der Waals surface area contributed by atoms with Crippen LogP contribution in [-0.4, -0.2) is 37.4 Å². The van der Waals surface area contributed by atoms with E-state index in [0.717, 1.165) is 18.9 Å². The summed E-state index contributed by atoms with van der Waals surface area (Å²) in [6.07, 6.45) is 1.20. The Hall–Kier alpha value is 0.0739. The second-order valence-electron chi connectivity index (χ2n) is 2.68. The molecule has 1 aliphatic heterocycles. The second kappa shape index (κ2) is 7.48. The van der Waals surface area contributed by atoms with Gasteiger partial charge in [-0.1, -0.05) is 0 Å². The Labute approximate surface area is 104 Å². The number of nitrogens with zero attached hydrogens (tertiary/aromatic N) is 1. The zero-order chi connectivity index (χ0) is 8.27. The number of hydrogen-bond acceptors (Lipinski definition) is 3. The molecule has 73 valence electrons. The third-order valence-corrected chi connectivity index (χ3v) is 1.77. The molecule has 0 bridgehead atoms. The number of rotatable bonds is 2. The first-order chi connectivity index (χ1) is 5.24. The number of carbonyl (C=O) groups is 2. The van der Waals surface area contributed by atoms with Crippen LogP contribution in [0.25, 0.3) is 0 Å². The van der Waals surface area contributed by atoms with E-state index < -0.39 is 0 Å². The predicted octanol–water partition coefficient (Wildman–Crippen LogP) is -0.383. The third kappa shape index (κ3) is 4.74. The molecule has 1 N–H and O–H groups in total. The summed E-state index contributed by atoms with van der Waals surface area (Å²) in [5.74, 6) is 0.559. The van der Waals surface area contributed by atoms with Crippen LogP contribution >= 0.6 is 0 Å². The maximum absolute atomic E-state index is 11.0. The number of nitrogens with one attached hydrogen (secondary N) is 1. The second-order valence-corrected chi connectivity index (χ2v) is 2.68. The molecule has 0 aromatic carbocycles. The van der Waals surface area contributed by atoms with Crippen molar-refractivity contribution in [2.75, 3.05) is 20.1 Å². The summed E-state index contributed by atoms with van der Waals surface area (Å²) in [6, 6.07) is 0. The Morgan fingerprint density at radius 3 is 2.62 bits per heavy atom. The van der Waals surface area contributed by atoms with Crippen molar-refractivity contribution in [3.8, 4) is 0 Å². The van der Waals surface area contributed by atoms with Crippen LogP contribution in [-0.2, 0) is 42.3 Å². The van der Waals surface area contributed by atoms with E-state index in [9.17, 15) is 9.59 Å². The van der Waals surface area contributed by atoms with E-state index in [1.165, 1.54) is 0 Å². The molecular weight excluding hydrogens is 245 g/mol. The maximum atomic E-state index is 11.0. The molecule has 1 heterocycles. The van der Waals surface area contributed by atoms with Gasteiger partial charge in [-0.15, -0.1) is 13.0 Å².